The van der Waals surface area contributed by atoms with Crippen molar-refractivity contribution < 1.29 is 24.8 Å². The molecule has 5 N–H and O–H groups in total. The Labute approximate surface area is 246 Å². The molecular formula is C33H40N5O4+. The first-order valence-corrected chi connectivity index (χ1v) is 14.8. The lowest BCUT2D eigenvalue weighted by molar-refractivity contribution is -0.654. The Balaban J connectivity index is 1.25. The fourth-order valence-corrected chi connectivity index (χ4v) is 5.69. The van der Waals surface area contributed by atoms with E-state index in [1.165, 1.54) is 0 Å². The quantitative estimate of drug-likeness (QED) is 0.324. The van der Waals surface area contributed by atoms with Crippen LogP contribution in [-0.2, 0) is 0 Å². The molecule has 0 radical (unpaired) electrons. The molecule has 5 rings (SSSR count). The smallest absolute Gasteiger partial charge is 0.251 e. The van der Waals surface area contributed by atoms with E-state index in [1.807, 2.05) is 6.07 Å². The van der Waals surface area contributed by atoms with Gasteiger partial charge in [0.05, 0.1) is 30.7 Å². The Hall–Kier alpha value is -4.24. The number of anilines is 1. The van der Waals surface area contributed by atoms with Gasteiger partial charge in [-0.1, -0.05) is 26.0 Å². The summed E-state index contributed by atoms with van der Waals surface area (Å²) in [5.74, 6) is -0.817. The highest BCUT2D eigenvalue weighted by Crippen LogP contribution is 2.34. The van der Waals surface area contributed by atoms with Gasteiger partial charge < -0.3 is 26.0 Å². The monoisotopic (exact) mass is 570 g/mol. The fraction of sp³-hybridized carbons (Fsp3) is 0.394. The number of benzene rings is 2. The third-order valence-electron chi connectivity index (χ3n) is 8.52. The lowest BCUT2D eigenvalue weighted by Gasteiger charge is -2.38. The Morgan fingerprint density at radius 1 is 0.881 bits per heavy atom. The van der Waals surface area contributed by atoms with Gasteiger partial charge in [0, 0.05) is 47.9 Å². The topological polar surface area (TPSA) is 128 Å². The Bertz CT molecular complexity index is 1410. The lowest BCUT2D eigenvalue weighted by Crippen LogP contribution is -2.87. The predicted octanol–water partition coefficient (Wildman–Crippen LogP) is 2.90. The minimum Gasteiger partial charge on any atom is -0.507 e. The molecule has 2 atom stereocenters. The first-order chi connectivity index (χ1) is 20.2. The van der Waals surface area contributed by atoms with E-state index in [0.717, 1.165) is 51.0 Å². The van der Waals surface area contributed by atoms with Crippen molar-refractivity contribution in [2.45, 2.75) is 51.6 Å². The molecule has 3 aromatic rings. The number of aromatic nitrogens is 1. The van der Waals surface area contributed by atoms with Crippen molar-refractivity contribution in [3.8, 4) is 5.75 Å². The van der Waals surface area contributed by atoms with Crippen molar-refractivity contribution in [3.05, 3.63) is 89.2 Å². The van der Waals surface area contributed by atoms with Gasteiger partial charge in [-0.05, 0) is 73.6 Å². The molecule has 2 aliphatic heterocycles. The number of hydrogen-bond donors (Lipinski definition) is 4. The number of aromatic hydroxyl groups is 1. The maximum Gasteiger partial charge on any atom is 0.251 e. The predicted molar refractivity (Wildman–Crippen MR) is 161 cm³/mol. The second-order valence-corrected chi connectivity index (χ2v) is 12.1. The van der Waals surface area contributed by atoms with Gasteiger partial charge in [-0.3, -0.25) is 19.4 Å². The molecule has 2 aliphatic rings. The van der Waals surface area contributed by atoms with Crippen LogP contribution in [0.2, 0.25) is 0 Å². The van der Waals surface area contributed by atoms with E-state index in [0.29, 0.717) is 28.7 Å². The van der Waals surface area contributed by atoms with Gasteiger partial charge in [0.1, 0.15) is 5.75 Å². The van der Waals surface area contributed by atoms with Crippen LogP contribution in [0.4, 0.5) is 5.69 Å². The minimum atomic E-state index is -0.295. The summed E-state index contributed by atoms with van der Waals surface area (Å²) in [6.07, 6.45) is 6.95. The van der Waals surface area contributed by atoms with Crippen molar-refractivity contribution >= 4 is 23.3 Å². The average Bonchev–Trinajstić information content (AvgIpc) is 3.22. The molecule has 42 heavy (non-hydrogen) atoms. The maximum absolute atomic E-state index is 13.4. The second-order valence-electron chi connectivity index (χ2n) is 12.1. The van der Waals surface area contributed by atoms with Crippen molar-refractivity contribution in [2.24, 2.45) is 5.41 Å². The summed E-state index contributed by atoms with van der Waals surface area (Å²) in [6.45, 7) is 7.94. The molecule has 220 valence electrons. The zero-order chi connectivity index (χ0) is 29.7. The van der Waals surface area contributed by atoms with Crippen LogP contribution in [0.3, 0.4) is 0 Å². The van der Waals surface area contributed by atoms with Gasteiger partial charge in [0.15, 0.2) is 5.78 Å². The van der Waals surface area contributed by atoms with Crippen LogP contribution >= 0.6 is 0 Å². The van der Waals surface area contributed by atoms with Crippen LogP contribution in [0.5, 0.6) is 5.75 Å². The Morgan fingerprint density at radius 2 is 1.50 bits per heavy atom. The van der Waals surface area contributed by atoms with Crippen molar-refractivity contribution in [2.75, 3.05) is 31.1 Å². The van der Waals surface area contributed by atoms with Crippen LogP contribution in [0.25, 0.3) is 0 Å². The number of nitrogens with one attached hydrogen (secondary N) is 2. The van der Waals surface area contributed by atoms with E-state index in [9.17, 15) is 19.5 Å². The van der Waals surface area contributed by atoms with E-state index < -0.39 is 0 Å². The summed E-state index contributed by atoms with van der Waals surface area (Å²) in [5.41, 5.74) is 2.82. The van der Waals surface area contributed by atoms with Crippen molar-refractivity contribution in [3.63, 3.8) is 0 Å². The molecule has 2 fully saturated rings. The molecule has 2 aromatic carbocycles. The molecule has 3 heterocycles. The number of quaternary nitrogens is 1. The Morgan fingerprint density at radius 3 is 2.19 bits per heavy atom. The molecule has 0 spiro atoms. The SMILES string of the molecule is CC1(C)CCN(c2ccc(O)c(C(=O)c3ccc(C(=O)NC4CCC[NH2+]CC4NC(=O)c4ccncc4)cc3)c2)CC1. The van der Waals surface area contributed by atoms with Crippen LogP contribution in [-0.4, -0.2) is 66.0 Å². The van der Waals surface area contributed by atoms with E-state index in [-0.39, 0.29) is 41.0 Å². The number of hydrogen-bond acceptors (Lipinski definition) is 6. The molecule has 9 nitrogen and oxygen atoms in total. The normalized spacial score (nSPS) is 20.3. The number of phenols is 1. The van der Waals surface area contributed by atoms with Crippen molar-refractivity contribution in [1.29, 1.82) is 0 Å². The summed E-state index contributed by atoms with van der Waals surface area (Å²) in [5, 5.41) is 18.9. The van der Waals surface area contributed by atoms with Crippen LogP contribution in [0.15, 0.2) is 67.0 Å². The number of piperidine rings is 1. The third kappa shape index (κ3) is 6.97. The number of ketones is 1. The minimum absolute atomic E-state index is 0.0621. The molecule has 2 amide bonds. The van der Waals surface area contributed by atoms with Crippen LogP contribution in [0, 0.1) is 5.41 Å². The zero-order valence-electron chi connectivity index (χ0n) is 24.3. The molecule has 0 aliphatic carbocycles. The highest BCUT2D eigenvalue weighted by atomic mass is 16.3. The lowest BCUT2D eigenvalue weighted by atomic mass is 9.82. The van der Waals surface area contributed by atoms with E-state index in [1.54, 1.807) is 60.9 Å². The largest absolute Gasteiger partial charge is 0.507 e. The zero-order valence-corrected chi connectivity index (χ0v) is 24.3. The summed E-state index contributed by atoms with van der Waals surface area (Å²) in [4.78, 5) is 45.6. The molecule has 1 aromatic heterocycles. The number of nitrogens with zero attached hydrogens (tertiary/aromatic N) is 2. The summed E-state index contributed by atoms with van der Waals surface area (Å²) >= 11 is 0. The number of carbonyl (C=O) groups excluding carboxylic acids is 3. The number of nitrogens with two attached hydrogens (primary N) is 1. The first-order valence-electron chi connectivity index (χ1n) is 14.8. The van der Waals surface area contributed by atoms with E-state index >= 15 is 0 Å². The number of pyridine rings is 1. The number of amides is 2. The average molecular weight is 571 g/mol. The molecule has 2 unspecified atom stereocenters. The maximum atomic E-state index is 13.4. The van der Waals surface area contributed by atoms with E-state index in [4.69, 9.17) is 0 Å². The highest BCUT2D eigenvalue weighted by Gasteiger charge is 2.30. The van der Waals surface area contributed by atoms with Crippen LogP contribution in [0.1, 0.15) is 76.2 Å². The fourth-order valence-electron chi connectivity index (χ4n) is 5.69. The summed E-state index contributed by atoms with van der Waals surface area (Å²) < 4.78 is 0. The third-order valence-corrected chi connectivity index (χ3v) is 8.52. The standard InChI is InChI=1S/C33H39N5O4/c1-33(2)13-18-38(19-14-33)25-9-10-29(39)26(20-25)30(40)22-5-7-23(8-6-22)31(41)36-27-4-3-15-35-21-28(27)37-32(42)24-11-16-34-17-12-24/h5-12,16-17,20,27-28,35,39H,3-4,13-15,18-19,21H2,1-2H3,(H,36,41)(H,37,42)/p+1. The van der Waals surface area contributed by atoms with Gasteiger partial charge in [-0.2, -0.15) is 0 Å². The molecular weight excluding hydrogens is 530 g/mol. The van der Waals surface area contributed by atoms with Gasteiger partial charge in [0.2, 0.25) is 0 Å². The number of phenolic OH excluding ortho intramolecular Hbond substituents is 1. The summed E-state index contributed by atoms with van der Waals surface area (Å²) in [7, 11) is 0. The van der Waals surface area contributed by atoms with Gasteiger partial charge in [0.25, 0.3) is 11.8 Å². The van der Waals surface area contributed by atoms with Crippen LogP contribution < -0.4 is 20.9 Å². The first kappa shape index (κ1) is 29.3. The second kappa shape index (κ2) is 12.7. The number of rotatable bonds is 7. The van der Waals surface area contributed by atoms with Crippen molar-refractivity contribution in [1.82, 2.24) is 15.6 Å². The molecule has 0 saturated carbocycles. The van der Waals surface area contributed by atoms with Gasteiger partial charge >= 0.3 is 0 Å². The number of carbonyl (C=O) groups is 3. The van der Waals surface area contributed by atoms with E-state index in [2.05, 4.69) is 39.7 Å². The van der Waals surface area contributed by atoms with Gasteiger partial charge in [-0.15, -0.1) is 0 Å². The molecule has 2 saturated heterocycles. The molecule has 9 heteroatoms. The summed E-state index contributed by atoms with van der Waals surface area (Å²) in [6, 6.07) is 14.6. The molecule has 0 bridgehead atoms. The highest BCUT2D eigenvalue weighted by molar-refractivity contribution is 6.11. The Kier molecular flexibility index (Phi) is 8.87. The van der Waals surface area contributed by atoms with Gasteiger partial charge in [-0.25, -0.2) is 0 Å².